The van der Waals surface area contributed by atoms with Crippen LogP contribution in [-0.4, -0.2) is 31.7 Å². The molecule has 2 heterocycles. The van der Waals surface area contributed by atoms with E-state index in [-0.39, 0.29) is 20.0 Å². The Kier molecular flexibility index (Phi) is 6.28. The van der Waals surface area contributed by atoms with Gasteiger partial charge in [0.15, 0.2) is 15.0 Å². The van der Waals surface area contributed by atoms with Crippen molar-refractivity contribution in [3.8, 4) is 11.3 Å². The predicted molar refractivity (Wildman–Crippen MR) is 121 cm³/mol. The van der Waals surface area contributed by atoms with Crippen molar-refractivity contribution in [3.63, 3.8) is 0 Å². The first-order chi connectivity index (χ1) is 14.3. The fraction of sp³-hybridized carbons (Fsp3) is 0.250. The van der Waals surface area contributed by atoms with E-state index in [1.807, 2.05) is 10.3 Å². The Morgan fingerprint density at radius 2 is 1.80 bits per heavy atom. The average molecular weight is 506 g/mol. The average Bonchev–Trinajstić information content (AvgIpc) is 3.22. The highest BCUT2D eigenvalue weighted by atomic mass is 35.5. The molecule has 0 amide bonds. The Bertz CT molecular complexity index is 1190. The molecule has 0 aliphatic carbocycles. The highest BCUT2D eigenvalue weighted by molar-refractivity contribution is 7.92. The number of benzene rings is 2. The van der Waals surface area contributed by atoms with E-state index in [0.717, 1.165) is 5.13 Å². The van der Waals surface area contributed by atoms with Gasteiger partial charge in [0.2, 0.25) is 0 Å². The third-order valence-electron chi connectivity index (χ3n) is 5.08. The standard InChI is InChI=1S/C20H16Cl3FN2O2S2/c21-14-5-4-12(10-16(14)24)17-11-29-20(25-17)26-8-6-13(7-9-26)30(27,28)18-3-1-2-15(22)19(18)23/h1-5,10-11,13H,6-9H2. The molecule has 0 bridgehead atoms. The van der Waals surface area contributed by atoms with Gasteiger partial charge in [-0.25, -0.2) is 17.8 Å². The first-order valence-electron chi connectivity index (χ1n) is 9.11. The first-order valence-corrected chi connectivity index (χ1v) is 12.7. The molecule has 0 saturated carbocycles. The second kappa shape index (κ2) is 8.63. The lowest BCUT2D eigenvalue weighted by molar-refractivity contribution is 0.529. The highest BCUT2D eigenvalue weighted by Gasteiger charge is 2.33. The van der Waals surface area contributed by atoms with E-state index in [2.05, 4.69) is 4.98 Å². The van der Waals surface area contributed by atoms with E-state index in [1.54, 1.807) is 18.2 Å². The van der Waals surface area contributed by atoms with Crippen molar-refractivity contribution in [2.75, 3.05) is 18.0 Å². The molecule has 0 radical (unpaired) electrons. The van der Waals surface area contributed by atoms with Gasteiger partial charge in [-0.05, 0) is 37.1 Å². The van der Waals surface area contributed by atoms with Crippen LogP contribution in [0.15, 0.2) is 46.7 Å². The van der Waals surface area contributed by atoms with Crippen molar-refractivity contribution >= 4 is 61.1 Å². The fourth-order valence-electron chi connectivity index (χ4n) is 3.44. The summed E-state index contributed by atoms with van der Waals surface area (Å²) in [6.07, 6.45) is 0.908. The smallest absolute Gasteiger partial charge is 0.185 e. The lowest BCUT2D eigenvalue weighted by Gasteiger charge is -2.31. The molecule has 4 rings (SSSR count). The van der Waals surface area contributed by atoms with E-state index >= 15 is 0 Å². The second-order valence-corrected chi connectivity index (χ2v) is 11.2. The van der Waals surface area contributed by atoms with Crippen LogP contribution in [0, 0.1) is 5.82 Å². The summed E-state index contributed by atoms with van der Waals surface area (Å²) in [4.78, 5) is 6.72. The van der Waals surface area contributed by atoms with Crippen molar-refractivity contribution in [2.24, 2.45) is 0 Å². The Balaban J connectivity index is 1.48. The summed E-state index contributed by atoms with van der Waals surface area (Å²) in [7, 11) is -3.58. The summed E-state index contributed by atoms with van der Waals surface area (Å²) >= 11 is 19.3. The molecular formula is C20H16Cl3FN2O2S2. The minimum Gasteiger partial charge on any atom is -0.348 e. The number of piperidine rings is 1. The summed E-state index contributed by atoms with van der Waals surface area (Å²) in [5.74, 6) is -0.491. The van der Waals surface area contributed by atoms with Gasteiger partial charge in [-0.1, -0.05) is 46.9 Å². The number of nitrogens with zero attached hydrogens (tertiary/aromatic N) is 2. The van der Waals surface area contributed by atoms with Gasteiger partial charge in [-0.3, -0.25) is 0 Å². The van der Waals surface area contributed by atoms with Crippen molar-refractivity contribution in [3.05, 3.63) is 62.7 Å². The minimum absolute atomic E-state index is 0.0669. The quantitative estimate of drug-likeness (QED) is 0.414. The van der Waals surface area contributed by atoms with Crippen molar-refractivity contribution in [1.82, 2.24) is 4.98 Å². The zero-order valence-corrected chi connectivity index (χ0v) is 19.4. The van der Waals surface area contributed by atoms with E-state index in [4.69, 9.17) is 34.8 Å². The number of aromatic nitrogens is 1. The van der Waals surface area contributed by atoms with Gasteiger partial charge in [0.05, 0.1) is 30.9 Å². The van der Waals surface area contributed by atoms with Gasteiger partial charge in [-0.2, -0.15) is 0 Å². The number of rotatable bonds is 4. The largest absolute Gasteiger partial charge is 0.348 e. The van der Waals surface area contributed by atoms with Crippen LogP contribution in [0.3, 0.4) is 0 Å². The molecular weight excluding hydrogens is 490 g/mol. The van der Waals surface area contributed by atoms with Gasteiger partial charge in [-0.15, -0.1) is 11.3 Å². The number of hydrogen-bond donors (Lipinski definition) is 0. The third-order valence-corrected chi connectivity index (χ3v) is 9.52. The molecule has 0 atom stereocenters. The van der Waals surface area contributed by atoms with Gasteiger partial charge >= 0.3 is 0 Å². The number of halogens is 4. The lowest BCUT2D eigenvalue weighted by atomic mass is 10.1. The maximum Gasteiger partial charge on any atom is 0.185 e. The molecule has 1 aromatic heterocycles. The zero-order valence-electron chi connectivity index (χ0n) is 15.5. The highest BCUT2D eigenvalue weighted by Crippen LogP contribution is 2.35. The Morgan fingerprint density at radius 3 is 2.50 bits per heavy atom. The van der Waals surface area contributed by atoms with Crippen LogP contribution >= 0.6 is 46.1 Å². The zero-order chi connectivity index (χ0) is 21.5. The predicted octanol–water partition coefficient (Wildman–Crippen LogP) is 6.35. The van der Waals surface area contributed by atoms with Gasteiger partial charge in [0.25, 0.3) is 0 Å². The monoisotopic (exact) mass is 504 g/mol. The summed E-state index contributed by atoms with van der Waals surface area (Å²) < 4.78 is 39.8. The molecule has 1 saturated heterocycles. The van der Waals surface area contributed by atoms with E-state index in [0.29, 0.717) is 37.2 Å². The molecule has 1 aliphatic rings. The Labute approximate surface area is 193 Å². The second-order valence-electron chi connectivity index (χ2n) is 6.93. The van der Waals surface area contributed by atoms with Crippen LogP contribution in [0.5, 0.6) is 0 Å². The number of sulfone groups is 1. The maximum atomic E-state index is 13.7. The van der Waals surface area contributed by atoms with Crippen LogP contribution in [0.2, 0.25) is 15.1 Å². The van der Waals surface area contributed by atoms with Gasteiger partial charge in [0, 0.05) is 24.0 Å². The summed E-state index contributed by atoms with van der Waals surface area (Å²) in [6.45, 7) is 1.09. The van der Waals surface area contributed by atoms with Crippen LogP contribution in [0.1, 0.15) is 12.8 Å². The van der Waals surface area contributed by atoms with Crippen molar-refractivity contribution in [2.45, 2.75) is 23.0 Å². The van der Waals surface area contributed by atoms with Crippen molar-refractivity contribution < 1.29 is 12.8 Å². The molecule has 1 fully saturated rings. The van der Waals surface area contributed by atoms with Gasteiger partial charge < -0.3 is 4.90 Å². The molecule has 3 aromatic rings. The fourth-order valence-corrected chi connectivity index (χ4v) is 6.94. The van der Waals surface area contributed by atoms with Crippen LogP contribution in [0.4, 0.5) is 9.52 Å². The number of hydrogen-bond acceptors (Lipinski definition) is 5. The molecule has 2 aromatic carbocycles. The topological polar surface area (TPSA) is 50.3 Å². The summed E-state index contributed by atoms with van der Waals surface area (Å²) in [6, 6.07) is 9.23. The molecule has 158 valence electrons. The van der Waals surface area contributed by atoms with E-state index in [9.17, 15) is 12.8 Å². The van der Waals surface area contributed by atoms with Crippen LogP contribution in [-0.2, 0) is 9.84 Å². The summed E-state index contributed by atoms with van der Waals surface area (Å²) in [5, 5.41) is 2.46. The van der Waals surface area contributed by atoms with Crippen LogP contribution < -0.4 is 4.90 Å². The molecule has 0 N–H and O–H groups in total. The molecule has 0 unspecified atom stereocenters. The number of thiazole rings is 1. The Hall–Kier alpha value is -1.38. The SMILES string of the molecule is O=S(=O)(c1cccc(Cl)c1Cl)C1CCN(c2nc(-c3ccc(Cl)c(F)c3)cs2)CC1. The number of anilines is 1. The minimum atomic E-state index is -3.58. The van der Waals surface area contributed by atoms with E-state index in [1.165, 1.54) is 29.5 Å². The third kappa shape index (κ3) is 4.18. The summed E-state index contributed by atoms with van der Waals surface area (Å²) in [5.41, 5.74) is 1.30. The normalized spacial score (nSPS) is 15.5. The molecule has 1 aliphatic heterocycles. The molecule has 10 heteroatoms. The maximum absolute atomic E-state index is 13.7. The first kappa shape index (κ1) is 21.8. The van der Waals surface area contributed by atoms with Crippen LogP contribution in [0.25, 0.3) is 11.3 Å². The van der Waals surface area contributed by atoms with Gasteiger partial charge in [0.1, 0.15) is 5.82 Å². The van der Waals surface area contributed by atoms with Crippen molar-refractivity contribution in [1.29, 1.82) is 0 Å². The Morgan fingerprint density at radius 1 is 1.07 bits per heavy atom. The van der Waals surface area contributed by atoms with E-state index < -0.39 is 20.9 Å². The molecule has 30 heavy (non-hydrogen) atoms. The molecule has 0 spiro atoms. The molecule has 4 nitrogen and oxygen atoms in total. The lowest BCUT2D eigenvalue weighted by Crippen LogP contribution is -2.39.